The Bertz CT molecular complexity index is 955. The second-order valence-electron chi connectivity index (χ2n) is 8.32. The van der Waals surface area contributed by atoms with Crippen molar-refractivity contribution in [1.29, 1.82) is 0 Å². The highest BCUT2D eigenvalue weighted by Crippen LogP contribution is 2.27. The number of nitrogens with zero attached hydrogens (tertiary/aromatic N) is 2. The Kier molecular flexibility index (Phi) is 6.49. The molecule has 0 radical (unpaired) electrons. The van der Waals surface area contributed by atoms with Crippen LogP contribution in [0.25, 0.3) is 5.69 Å². The molecule has 0 unspecified atom stereocenters. The Morgan fingerprint density at radius 1 is 1.03 bits per heavy atom. The maximum atomic E-state index is 12.5. The predicted molar refractivity (Wildman–Crippen MR) is 119 cm³/mol. The van der Waals surface area contributed by atoms with Crippen molar-refractivity contribution < 1.29 is 4.79 Å². The minimum absolute atomic E-state index is 0.0757. The van der Waals surface area contributed by atoms with Crippen LogP contribution in [0.4, 0.5) is 5.82 Å². The quantitative estimate of drug-likeness (QED) is 0.593. The van der Waals surface area contributed by atoms with E-state index in [0.29, 0.717) is 5.82 Å². The van der Waals surface area contributed by atoms with Gasteiger partial charge in [0, 0.05) is 11.5 Å². The van der Waals surface area contributed by atoms with Crippen molar-refractivity contribution in [2.24, 2.45) is 0 Å². The minimum atomic E-state index is -0.110. The van der Waals surface area contributed by atoms with Gasteiger partial charge in [0.2, 0.25) is 5.91 Å². The molecule has 1 heterocycles. The highest BCUT2D eigenvalue weighted by molar-refractivity contribution is 5.91. The largest absolute Gasteiger partial charge is 0.309 e. The molecule has 5 heteroatoms. The molecule has 0 aliphatic heterocycles. The van der Waals surface area contributed by atoms with Gasteiger partial charge in [-0.05, 0) is 37.1 Å². The van der Waals surface area contributed by atoms with Crippen molar-refractivity contribution in [2.75, 3.05) is 18.4 Å². The van der Waals surface area contributed by atoms with Crippen LogP contribution in [0.5, 0.6) is 0 Å². The summed E-state index contributed by atoms with van der Waals surface area (Å²) in [6.07, 6.45) is 0.892. The van der Waals surface area contributed by atoms with Crippen LogP contribution >= 0.6 is 0 Å². The number of hydrogen-bond acceptors (Lipinski definition) is 3. The van der Waals surface area contributed by atoms with Gasteiger partial charge in [-0.2, -0.15) is 5.10 Å². The Labute approximate surface area is 173 Å². The first-order valence-electron chi connectivity index (χ1n) is 10.1. The molecule has 2 aromatic carbocycles. The van der Waals surface area contributed by atoms with Crippen molar-refractivity contribution in [3.8, 4) is 5.69 Å². The summed E-state index contributed by atoms with van der Waals surface area (Å²) in [6.45, 7) is 9.42. The van der Waals surface area contributed by atoms with Crippen LogP contribution in [0.3, 0.4) is 0 Å². The lowest BCUT2D eigenvalue weighted by Gasteiger charge is -2.14. The normalized spacial score (nSPS) is 11.4. The van der Waals surface area contributed by atoms with Gasteiger partial charge in [-0.15, -0.1) is 0 Å². The molecule has 1 aromatic heterocycles. The monoisotopic (exact) mass is 390 g/mol. The Morgan fingerprint density at radius 2 is 1.72 bits per heavy atom. The molecule has 152 valence electrons. The van der Waals surface area contributed by atoms with E-state index >= 15 is 0 Å². The molecule has 0 bridgehead atoms. The summed E-state index contributed by atoms with van der Waals surface area (Å²) in [5.41, 5.74) is 4.16. The molecule has 0 spiro atoms. The number of aromatic nitrogens is 2. The molecule has 3 aromatic rings. The van der Waals surface area contributed by atoms with E-state index in [9.17, 15) is 4.79 Å². The number of rotatable bonds is 7. The van der Waals surface area contributed by atoms with Crippen LogP contribution < -0.4 is 10.6 Å². The fraction of sp³-hybridized carbons (Fsp3) is 0.333. The SMILES string of the molecule is Cc1ccccc1-n1nc(C(C)(C)C)cc1NC(=O)CNCCc1ccccc1. The summed E-state index contributed by atoms with van der Waals surface area (Å²) < 4.78 is 1.83. The maximum absolute atomic E-state index is 12.5. The van der Waals surface area contributed by atoms with Gasteiger partial charge in [-0.25, -0.2) is 4.68 Å². The number of carbonyl (C=O) groups excluding carboxylic acids is 1. The number of amides is 1. The Morgan fingerprint density at radius 3 is 2.41 bits per heavy atom. The van der Waals surface area contributed by atoms with Crippen LogP contribution in [-0.4, -0.2) is 28.8 Å². The van der Waals surface area contributed by atoms with E-state index in [2.05, 4.69) is 43.5 Å². The lowest BCUT2D eigenvalue weighted by atomic mass is 9.92. The molecule has 0 saturated heterocycles. The van der Waals surface area contributed by atoms with E-state index in [4.69, 9.17) is 5.10 Å². The zero-order valence-corrected chi connectivity index (χ0v) is 17.7. The smallest absolute Gasteiger partial charge is 0.239 e. The summed E-state index contributed by atoms with van der Waals surface area (Å²) in [4.78, 5) is 12.5. The number of benzene rings is 2. The van der Waals surface area contributed by atoms with Crippen LogP contribution in [-0.2, 0) is 16.6 Å². The van der Waals surface area contributed by atoms with Crippen molar-refractivity contribution >= 4 is 11.7 Å². The molecule has 0 aliphatic rings. The molecule has 0 atom stereocenters. The van der Waals surface area contributed by atoms with Gasteiger partial charge in [0.25, 0.3) is 0 Å². The van der Waals surface area contributed by atoms with Crippen molar-refractivity contribution in [3.05, 3.63) is 77.5 Å². The molecule has 0 saturated carbocycles. The highest BCUT2D eigenvalue weighted by Gasteiger charge is 2.21. The predicted octanol–water partition coefficient (Wildman–Crippen LogP) is 4.25. The minimum Gasteiger partial charge on any atom is -0.309 e. The second kappa shape index (κ2) is 9.05. The fourth-order valence-electron chi connectivity index (χ4n) is 3.09. The first-order chi connectivity index (χ1) is 13.8. The third kappa shape index (κ3) is 5.55. The molecule has 0 aliphatic carbocycles. The lowest BCUT2D eigenvalue weighted by Crippen LogP contribution is -2.30. The highest BCUT2D eigenvalue weighted by atomic mass is 16.2. The first-order valence-corrected chi connectivity index (χ1v) is 10.1. The average molecular weight is 391 g/mol. The van der Waals surface area contributed by atoms with E-state index in [1.165, 1.54) is 5.56 Å². The lowest BCUT2D eigenvalue weighted by molar-refractivity contribution is -0.115. The van der Waals surface area contributed by atoms with Gasteiger partial charge in [-0.1, -0.05) is 69.3 Å². The zero-order valence-electron chi connectivity index (χ0n) is 17.7. The molecular formula is C24H30N4O. The summed E-state index contributed by atoms with van der Waals surface area (Å²) >= 11 is 0. The third-order valence-electron chi connectivity index (χ3n) is 4.81. The zero-order chi connectivity index (χ0) is 20.9. The van der Waals surface area contributed by atoms with E-state index in [1.807, 2.05) is 60.1 Å². The Balaban J connectivity index is 1.68. The molecule has 1 amide bonds. The van der Waals surface area contributed by atoms with Gasteiger partial charge in [0.1, 0.15) is 5.82 Å². The molecule has 3 rings (SSSR count). The number of nitrogens with one attached hydrogen (secondary N) is 2. The fourth-order valence-corrected chi connectivity index (χ4v) is 3.09. The topological polar surface area (TPSA) is 59.0 Å². The number of anilines is 1. The first kappa shape index (κ1) is 20.8. The Hall–Kier alpha value is -2.92. The van der Waals surface area contributed by atoms with Gasteiger partial charge in [0.15, 0.2) is 0 Å². The molecule has 29 heavy (non-hydrogen) atoms. The molecule has 5 nitrogen and oxygen atoms in total. The molecular weight excluding hydrogens is 360 g/mol. The van der Waals surface area contributed by atoms with Crippen molar-refractivity contribution in [3.63, 3.8) is 0 Å². The van der Waals surface area contributed by atoms with Crippen molar-refractivity contribution in [1.82, 2.24) is 15.1 Å². The van der Waals surface area contributed by atoms with E-state index in [0.717, 1.165) is 29.9 Å². The van der Waals surface area contributed by atoms with E-state index < -0.39 is 0 Å². The van der Waals surface area contributed by atoms with Gasteiger partial charge < -0.3 is 10.6 Å². The number of aryl methyl sites for hydroxylation is 1. The summed E-state index contributed by atoms with van der Waals surface area (Å²) in [5.74, 6) is 0.618. The maximum Gasteiger partial charge on any atom is 0.239 e. The van der Waals surface area contributed by atoms with Crippen LogP contribution in [0.1, 0.15) is 37.6 Å². The van der Waals surface area contributed by atoms with E-state index in [-0.39, 0.29) is 17.9 Å². The van der Waals surface area contributed by atoms with Gasteiger partial charge in [0.05, 0.1) is 17.9 Å². The van der Waals surface area contributed by atoms with Gasteiger partial charge in [-0.3, -0.25) is 4.79 Å². The second-order valence-corrected chi connectivity index (χ2v) is 8.32. The molecule has 2 N–H and O–H groups in total. The standard InChI is InChI=1S/C24H30N4O/c1-18-10-8-9-13-20(18)28-22(16-21(27-28)24(2,3)4)26-23(29)17-25-15-14-19-11-6-5-7-12-19/h5-13,16,25H,14-15,17H2,1-4H3,(H,26,29). The summed E-state index contributed by atoms with van der Waals surface area (Å²) in [7, 11) is 0. The van der Waals surface area contributed by atoms with E-state index in [1.54, 1.807) is 0 Å². The average Bonchev–Trinajstić information content (AvgIpc) is 3.10. The van der Waals surface area contributed by atoms with Gasteiger partial charge >= 0.3 is 0 Å². The van der Waals surface area contributed by atoms with Crippen LogP contribution in [0.2, 0.25) is 0 Å². The number of para-hydroxylation sites is 1. The summed E-state index contributed by atoms with van der Waals surface area (Å²) in [5, 5.41) is 11.0. The number of carbonyl (C=O) groups is 1. The molecule has 0 fully saturated rings. The third-order valence-corrected chi connectivity index (χ3v) is 4.81. The van der Waals surface area contributed by atoms with Crippen molar-refractivity contribution in [2.45, 2.75) is 39.5 Å². The summed E-state index contributed by atoms with van der Waals surface area (Å²) in [6, 6.07) is 20.3. The van der Waals surface area contributed by atoms with Crippen LogP contribution in [0, 0.1) is 6.92 Å². The number of hydrogen-bond donors (Lipinski definition) is 2. The van der Waals surface area contributed by atoms with Crippen LogP contribution in [0.15, 0.2) is 60.7 Å².